The topological polar surface area (TPSA) is 85.0 Å². The van der Waals surface area contributed by atoms with Gasteiger partial charge in [0, 0.05) is 23.6 Å². The van der Waals surface area contributed by atoms with Gasteiger partial charge in [-0.3, -0.25) is 14.9 Å². The number of aryl methyl sites for hydroxylation is 1. The van der Waals surface area contributed by atoms with Crippen LogP contribution in [-0.4, -0.2) is 29.2 Å². The number of carbonyl (C=O) groups excluding carboxylic acids is 1. The first kappa shape index (κ1) is 16.3. The maximum absolute atomic E-state index is 11.6. The molecule has 1 heterocycles. The highest BCUT2D eigenvalue weighted by Crippen LogP contribution is 2.43. The largest absolute Gasteiger partial charge is 0.497 e. The van der Waals surface area contributed by atoms with E-state index in [9.17, 15) is 14.9 Å². The zero-order valence-electron chi connectivity index (χ0n) is 14.2. The Morgan fingerprint density at radius 2 is 2.04 bits per heavy atom. The van der Waals surface area contributed by atoms with Crippen LogP contribution in [0.4, 0.5) is 5.69 Å². The third kappa shape index (κ3) is 2.52. The molecule has 2 aliphatic rings. The summed E-state index contributed by atoms with van der Waals surface area (Å²) in [5, 5.41) is 16.9. The van der Waals surface area contributed by atoms with Crippen LogP contribution in [0.25, 0.3) is 0 Å². The number of nitro benzene ring substituents is 1. The van der Waals surface area contributed by atoms with E-state index >= 15 is 0 Å². The smallest absolute Gasteiger partial charge is 0.269 e. The van der Waals surface area contributed by atoms with Crippen LogP contribution in [0.3, 0.4) is 0 Å². The van der Waals surface area contributed by atoms with E-state index in [0.717, 1.165) is 41.8 Å². The lowest BCUT2D eigenvalue weighted by Gasteiger charge is -2.28. The van der Waals surface area contributed by atoms with Crippen LogP contribution in [0.1, 0.15) is 29.2 Å². The SMILES string of the molecule is COc1ccc2c(c1)C1=NN(C=O)[C@@H](c3ccc([N+](=O)[O-])cc3)[C@@H]1CC2. The average Bonchev–Trinajstić information content (AvgIpc) is 3.06. The molecule has 0 saturated heterocycles. The van der Waals surface area contributed by atoms with Crippen LogP contribution in [0, 0.1) is 16.0 Å². The normalized spacial score (nSPS) is 20.8. The Morgan fingerprint density at radius 1 is 1.27 bits per heavy atom. The number of nitro groups is 1. The molecule has 0 N–H and O–H groups in total. The van der Waals surface area contributed by atoms with Crippen molar-refractivity contribution in [3.8, 4) is 5.75 Å². The summed E-state index contributed by atoms with van der Waals surface area (Å²) in [5.74, 6) is 0.810. The van der Waals surface area contributed by atoms with Crippen molar-refractivity contribution in [2.45, 2.75) is 18.9 Å². The number of carbonyl (C=O) groups is 1. The number of hydrazone groups is 1. The molecule has 1 amide bonds. The van der Waals surface area contributed by atoms with Crippen LogP contribution in [0.15, 0.2) is 47.6 Å². The van der Waals surface area contributed by atoms with Gasteiger partial charge < -0.3 is 4.74 Å². The van der Waals surface area contributed by atoms with Crippen molar-refractivity contribution in [1.82, 2.24) is 5.01 Å². The second-order valence-corrected chi connectivity index (χ2v) is 6.43. The molecule has 0 spiro atoms. The molecule has 0 fully saturated rings. The minimum atomic E-state index is -0.430. The van der Waals surface area contributed by atoms with Gasteiger partial charge in [-0.15, -0.1) is 0 Å². The molecule has 0 bridgehead atoms. The van der Waals surface area contributed by atoms with Gasteiger partial charge in [0.1, 0.15) is 5.75 Å². The molecule has 2 aromatic rings. The highest BCUT2D eigenvalue weighted by molar-refractivity contribution is 6.06. The standard InChI is InChI=1S/C19H17N3O4/c1-26-15-8-4-12-5-9-16-18(17(12)10-15)20-21(11-23)19(16)13-2-6-14(7-3-13)22(24)25/h2-4,6-8,10-11,16,19H,5,9H2,1H3/t16-,19+/m1/s1. The monoisotopic (exact) mass is 351 g/mol. The summed E-state index contributed by atoms with van der Waals surface area (Å²) in [4.78, 5) is 22.1. The van der Waals surface area contributed by atoms with E-state index in [-0.39, 0.29) is 17.6 Å². The first-order valence-electron chi connectivity index (χ1n) is 8.36. The quantitative estimate of drug-likeness (QED) is 0.481. The van der Waals surface area contributed by atoms with Crippen LogP contribution in [0.2, 0.25) is 0 Å². The van der Waals surface area contributed by atoms with Gasteiger partial charge in [0.2, 0.25) is 6.41 Å². The average molecular weight is 351 g/mol. The summed E-state index contributed by atoms with van der Waals surface area (Å²) in [6.45, 7) is 0. The molecule has 0 unspecified atom stereocenters. The van der Waals surface area contributed by atoms with Crippen molar-refractivity contribution in [2.75, 3.05) is 7.11 Å². The number of benzene rings is 2. The van der Waals surface area contributed by atoms with Gasteiger partial charge >= 0.3 is 0 Å². The highest BCUT2D eigenvalue weighted by atomic mass is 16.6. The van der Waals surface area contributed by atoms with Crippen LogP contribution >= 0.6 is 0 Å². The lowest BCUT2D eigenvalue weighted by Crippen LogP contribution is -2.28. The summed E-state index contributed by atoms with van der Waals surface area (Å²) < 4.78 is 5.33. The summed E-state index contributed by atoms with van der Waals surface area (Å²) in [6.07, 6.45) is 2.47. The summed E-state index contributed by atoms with van der Waals surface area (Å²) >= 11 is 0. The Morgan fingerprint density at radius 3 is 2.69 bits per heavy atom. The van der Waals surface area contributed by atoms with Gasteiger partial charge in [-0.25, -0.2) is 5.01 Å². The molecule has 2 atom stereocenters. The molecule has 1 aliphatic carbocycles. The van der Waals surface area contributed by atoms with E-state index in [1.165, 1.54) is 22.7 Å². The number of ether oxygens (including phenoxy) is 1. The van der Waals surface area contributed by atoms with Gasteiger partial charge in [0.05, 0.1) is 23.8 Å². The van der Waals surface area contributed by atoms with Gasteiger partial charge in [-0.05, 0) is 36.1 Å². The third-order valence-electron chi connectivity index (χ3n) is 5.11. The highest BCUT2D eigenvalue weighted by Gasteiger charge is 2.41. The number of methoxy groups -OCH3 is 1. The molecule has 2 aromatic carbocycles. The maximum Gasteiger partial charge on any atom is 0.269 e. The predicted octanol–water partition coefficient (Wildman–Crippen LogP) is 3.08. The molecular formula is C19H17N3O4. The second kappa shape index (κ2) is 6.25. The molecule has 7 nitrogen and oxygen atoms in total. The zero-order valence-corrected chi connectivity index (χ0v) is 14.2. The fraction of sp³-hybridized carbons (Fsp3) is 0.263. The Kier molecular flexibility index (Phi) is 3.91. The van der Waals surface area contributed by atoms with E-state index in [1.54, 1.807) is 19.2 Å². The summed E-state index contributed by atoms with van der Waals surface area (Å²) in [7, 11) is 1.62. The fourth-order valence-corrected chi connectivity index (χ4v) is 3.86. The second-order valence-electron chi connectivity index (χ2n) is 6.43. The van der Waals surface area contributed by atoms with Gasteiger partial charge in [0.25, 0.3) is 5.69 Å². The van der Waals surface area contributed by atoms with Crippen molar-refractivity contribution in [3.63, 3.8) is 0 Å². The molecule has 132 valence electrons. The lowest BCUT2D eigenvalue weighted by molar-refractivity contribution is -0.384. The molecule has 0 saturated carbocycles. The number of hydrogen-bond acceptors (Lipinski definition) is 5. The van der Waals surface area contributed by atoms with Crippen LogP contribution in [-0.2, 0) is 11.2 Å². The Labute approximate surface area is 150 Å². The Balaban J connectivity index is 1.73. The van der Waals surface area contributed by atoms with Gasteiger partial charge in [-0.2, -0.15) is 5.10 Å². The van der Waals surface area contributed by atoms with E-state index in [0.29, 0.717) is 0 Å². The third-order valence-corrected chi connectivity index (χ3v) is 5.11. The molecular weight excluding hydrogens is 334 g/mol. The number of nitrogens with zero attached hydrogens (tertiary/aromatic N) is 3. The van der Waals surface area contributed by atoms with Gasteiger partial charge in [-0.1, -0.05) is 18.2 Å². The molecule has 0 aromatic heterocycles. The number of hydrogen-bond donors (Lipinski definition) is 0. The molecule has 26 heavy (non-hydrogen) atoms. The first-order valence-corrected chi connectivity index (χ1v) is 8.36. The Bertz CT molecular complexity index is 908. The van der Waals surface area contributed by atoms with E-state index in [4.69, 9.17) is 4.74 Å². The maximum atomic E-state index is 11.6. The number of amides is 1. The molecule has 0 radical (unpaired) electrons. The molecule has 4 rings (SSSR count). The first-order chi connectivity index (χ1) is 12.6. The summed E-state index contributed by atoms with van der Waals surface area (Å²) in [5.41, 5.74) is 3.95. The Hall–Kier alpha value is -3.22. The van der Waals surface area contributed by atoms with Crippen molar-refractivity contribution >= 4 is 17.8 Å². The lowest BCUT2D eigenvalue weighted by atomic mass is 9.77. The van der Waals surface area contributed by atoms with Crippen molar-refractivity contribution < 1.29 is 14.5 Å². The number of rotatable bonds is 4. The minimum absolute atomic E-state index is 0.0317. The van der Waals surface area contributed by atoms with E-state index in [1.807, 2.05) is 18.2 Å². The zero-order chi connectivity index (χ0) is 18.3. The number of fused-ring (bicyclic) bond motifs is 3. The predicted molar refractivity (Wildman–Crippen MR) is 95.1 cm³/mol. The van der Waals surface area contributed by atoms with Crippen molar-refractivity contribution in [1.29, 1.82) is 0 Å². The van der Waals surface area contributed by atoms with Crippen molar-refractivity contribution in [2.24, 2.45) is 11.0 Å². The van der Waals surface area contributed by atoms with Crippen LogP contribution in [0.5, 0.6) is 5.75 Å². The number of non-ortho nitro benzene ring substituents is 1. The molecule has 7 heteroatoms. The van der Waals surface area contributed by atoms with E-state index < -0.39 is 4.92 Å². The van der Waals surface area contributed by atoms with Gasteiger partial charge in [0.15, 0.2) is 0 Å². The molecule has 1 aliphatic heterocycles. The fourth-order valence-electron chi connectivity index (χ4n) is 3.86. The van der Waals surface area contributed by atoms with E-state index in [2.05, 4.69) is 5.10 Å². The van der Waals surface area contributed by atoms with Crippen LogP contribution < -0.4 is 4.74 Å². The van der Waals surface area contributed by atoms with Crippen molar-refractivity contribution in [3.05, 3.63) is 69.3 Å². The summed E-state index contributed by atoms with van der Waals surface area (Å²) in [6, 6.07) is 12.0. The minimum Gasteiger partial charge on any atom is -0.497 e.